The number of aliphatic hydroxyl groups is 1. The molecule has 5 nitrogen and oxygen atoms in total. The number of carbonyl (C=O) groups is 1. The zero-order valence-corrected chi connectivity index (χ0v) is 11.8. The lowest BCUT2D eigenvalue weighted by Gasteiger charge is -2.19. The average Bonchev–Trinajstić information content (AvgIpc) is 2.47. The smallest absolute Gasteiger partial charge is 0.339 e. The second-order valence-corrected chi connectivity index (χ2v) is 4.87. The number of nitrogens with zero attached hydrogens (tertiary/aromatic N) is 1. The van der Waals surface area contributed by atoms with Gasteiger partial charge in [0.1, 0.15) is 11.4 Å². The molecule has 5 heteroatoms. The monoisotopic (exact) mass is 286 g/mol. The number of aromatic carboxylic acids is 1. The summed E-state index contributed by atoms with van der Waals surface area (Å²) in [4.78, 5) is 15.4. The summed E-state index contributed by atoms with van der Waals surface area (Å²) in [6.07, 6.45) is 2.15. The Balaban J connectivity index is 2.19. The van der Waals surface area contributed by atoms with Gasteiger partial charge in [-0.1, -0.05) is 30.3 Å². The molecular weight excluding hydrogens is 268 g/mol. The molecule has 2 rings (SSSR count). The topological polar surface area (TPSA) is 82.5 Å². The zero-order valence-electron chi connectivity index (χ0n) is 11.8. The summed E-state index contributed by atoms with van der Waals surface area (Å²) in [7, 11) is 0. The fourth-order valence-corrected chi connectivity index (χ4v) is 2.19. The van der Waals surface area contributed by atoms with Crippen molar-refractivity contribution < 1.29 is 15.0 Å². The van der Waals surface area contributed by atoms with Gasteiger partial charge in [-0.3, -0.25) is 0 Å². The first-order chi connectivity index (χ1) is 10.1. The second kappa shape index (κ2) is 6.85. The predicted molar refractivity (Wildman–Crippen MR) is 80.6 cm³/mol. The summed E-state index contributed by atoms with van der Waals surface area (Å²) < 4.78 is 0. The van der Waals surface area contributed by atoms with Gasteiger partial charge in [0.05, 0.1) is 12.6 Å². The van der Waals surface area contributed by atoms with Crippen LogP contribution in [-0.4, -0.2) is 33.8 Å². The third kappa shape index (κ3) is 3.79. The molecule has 3 N–H and O–H groups in total. The molecule has 0 amide bonds. The number of anilines is 1. The van der Waals surface area contributed by atoms with Crippen LogP contribution in [0.4, 0.5) is 5.82 Å². The SMILES string of the molecule is Cc1ccnc(NC(CO)Cc2ccccc2)c1C(=O)O. The van der Waals surface area contributed by atoms with E-state index in [1.54, 1.807) is 19.2 Å². The molecule has 0 saturated carbocycles. The molecule has 0 radical (unpaired) electrons. The van der Waals surface area contributed by atoms with Crippen LogP contribution in [0.25, 0.3) is 0 Å². The number of hydrogen-bond acceptors (Lipinski definition) is 4. The molecule has 0 aliphatic rings. The van der Waals surface area contributed by atoms with Gasteiger partial charge in [0.2, 0.25) is 0 Å². The molecule has 0 bridgehead atoms. The summed E-state index contributed by atoms with van der Waals surface area (Å²) in [6, 6.07) is 11.1. The lowest BCUT2D eigenvalue weighted by Crippen LogP contribution is -2.28. The molecule has 1 aromatic carbocycles. The van der Waals surface area contributed by atoms with Crippen molar-refractivity contribution in [3.8, 4) is 0 Å². The highest BCUT2D eigenvalue weighted by molar-refractivity contribution is 5.94. The molecule has 0 saturated heterocycles. The van der Waals surface area contributed by atoms with Gasteiger partial charge in [-0.25, -0.2) is 9.78 Å². The van der Waals surface area contributed by atoms with Crippen molar-refractivity contribution in [2.45, 2.75) is 19.4 Å². The van der Waals surface area contributed by atoms with E-state index < -0.39 is 5.97 Å². The normalized spacial score (nSPS) is 11.9. The van der Waals surface area contributed by atoms with Gasteiger partial charge in [-0.2, -0.15) is 0 Å². The van der Waals surface area contributed by atoms with E-state index in [0.717, 1.165) is 5.56 Å². The Hall–Kier alpha value is -2.40. The maximum absolute atomic E-state index is 11.3. The number of benzene rings is 1. The minimum atomic E-state index is -1.03. The first-order valence-corrected chi connectivity index (χ1v) is 6.72. The number of aryl methyl sites for hydroxylation is 1. The van der Waals surface area contributed by atoms with Gasteiger partial charge in [0.25, 0.3) is 0 Å². The highest BCUT2D eigenvalue weighted by Crippen LogP contribution is 2.18. The summed E-state index contributed by atoms with van der Waals surface area (Å²) in [6.45, 7) is 1.62. The van der Waals surface area contributed by atoms with Crippen molar-refractivity contribution >= 4 is 11.8 Å². The second-order valence-electron chi connectivity index (χ2n) is 4.87. The standard InChI is InChI=1S/C16H18N2O3/c1-11-7-8-17-15(14(11)16(20)21)18-13(10-19)9-12-5-3-2-4-6-12/h2-8,13,19H,9-10H2,1H3,(H,17,18)(H,20,21). The molecule has 0 aliphatic carbocycles. The van der Waals surface area contributed by atoms with Crippen LogP contribution in [0.15, 0.2) is 42.6 Å². The van der Waals surface area contributed by atoms with E-state index in [4.69, 9.17) is 0 Å². The Kier molecular flexibility index (Phi) is 4.90. The third-order valence-corrected chi connectivity index (χ3v) is 3.26. The molecule has 1 heterocycles. The third-order valence-electron chi connectivity index (χ3n) is 3.26. The summed E-state index contributed by atoms with van der Waals surface area (Å²) in [5.74, 6) is -0.739. The number of carboxylic acid groups (broad SMARTS) is 1. The number of nitrogens with one attached hydrogen (secondary N) is 1. The van der Waals surface area contributed by atoms with Crippen LogP contribution in [0.3, 0.4) is 0 Å². The summed E-state index contributed by atoms with van der Waals surface area (Å²) in [5, 5.41) is 21.8. The largest absolute Gasteiger partial charge is 0.478 e. The van der Waals surface area contributed by atoms with Crippen LogP contribution in [0.2, 0.25) is 0 Å². The van der Waals surface area contributed by atoms with Crippen molar-refractivity contribution in [2.24, 2.45) is 0 Å². The highest BCUT2D eigenvalue weighted by Gasteiger charge is 2.17. The van der Waals surface area contributed by atoms with Crippen LogP contribution >= 0.6 is 0 Å². The van der Waals surface area contributed by atoms with Crippen molar-refractivity contribution in [1.29, 1.82) is 0 Å². The predicted octanol–water partition coefficient (Wildman–Crippen LogP) is 2.10. The molecule has 1 unspecified atom stereocenters. The first-order valence-electron chi connectivity index (χ1n) is 6.72. The minimum absolute atomic E-state index is 0.108. The maximum atomic E-state index is 11.3. The molecule has 21 heavy (non-hydrogen) atoms. The van der Waals surface area contributed by atoms with E-state index in [1.165, 1.54) is 0 Å². The lowest BCUT2D eigenvalue weighted by atomic mass is 10.1. The summed E-state index contributed by atoms with van der Waals surface area (Å²) in [5.41, 5.74) is 1.84. The number of rotatable bonds is 6. The Morgan fingerprint density at radius 2 is 2.00 bits per heavy atom. The van der Waals surface area contributed by atoms with E-state index in [2.05, 4.69) is 10.3 Å². The van der Waals surface area contributed by atoms with Gasteiger partial charge in [-0.05, 0) is 30.5 Å². The van der Waals surface area contributed by atoms with Crippen LogP contribution in [0.1, 0.15) is 21.5 Å². The van der Waals surface area contributed by atoms with Crippen molar-refractivity contribution in [3.05, 3.63) is 59.3 Å². The Labute approximate surface area is 123 Å². The van der Waals surface area contributed by atoms with Crippen molar-refractivity contribution in [3.63, 3.8) is 0 Å². The van der Waals surface area contributed by atoms with E-state index in [1.807, 2.05) is 30.3 Å². The fraction of sp³-hybridized carbons (Fsp3) is 0.250. The van der Waals surface area contributed by atoms with Gasteiger partial charge in [0, 0.05) is 6.20 Å². The van der Waals surface area contributed by atoms with Crippen LogP contribution in [0.5, 0.6) is 0 Å². The molecule has 2 aromatic rings. The maximum Gasteiger partial charge on any atom is 0.339 e. The Morgan fingerprint density at radius 1 is 1.29 bits per heavy atom. The van der Waals surface area contributed by atoms with Gasteiger partial charge < -0.3 is 15.5 Å². The Bertz CT molecular complexity index is 614. The number of aliphatic hydroxyl groups excluding tert-OH is 1. The summed E-state index contributed by atoms with van der Waals surface area (Å²) >= 11 is 0. The van der Waals surface area contributed by atoms with Crippen molar-refractivity contribution in [2.75, 3.05) is 11.9 Å². The molecular formula is C16H18N2O3. The molecule has 0 spiro atoms. The van der Waals surface area contributed by atoms with Gasteiger partial charge >= 0.3 is 5.97 Å². The number of carboxylic acids is 1. The highest BCUT2D eigenvalue weighted by atomic mass is 16.4. The number of hydrogen-bond donors (Lipinski definition) is 3. The zero-order chi connectivity index (χ0) is 15.2. The van der Waals surface area contributed by atoms with Crippen LogP contribution in [0, 0.1) is 6.92 Å². The van der Waals surface area contributed by atoms with Crippen LogP contribution in [-0.2, 0) is 6.42 Å². The van der Waals surface area contributed by atoms with Gasteiger partial charge in [0.15, 0.2) is 0 Å². The number of pyridine rings is 1. The Morgan fingerprint density at radius 3 is 2.62 bits per heavy atom. The lowest BCUT2D eigenvalue weighted by molar-refractivity contribution is 0.0696. The van der Waals surface area contributed by atoms with Gasteiger partial charge in [-0.15, -0.1) is 0 Å². The molecule has 110 valence electrons. The molecule has 0 aliphatic heterocycles. The van der Waals surface area contributed by atoms with E-state index >= 15 is 0 Å². The van der Waals surface area contributed by atoms with Crippen molar-refractivity contribution in [1.82, 2.24) is 4.98 Å². The molecule has 1 atom stereocenters. The minimum Gasteiger partial charge on any atom is -0.478 e. The quantitative estimate of drug-likeness (QED) is 0.757. The first kappa shape index (κ1) is 15.0. The fourth-order valence-electron chi connectivity index (χ4n) is 2.19. The average molecular weight is 286 g/mol. The number of aromatic nitrogens is 1. The molecule has 0 fully saturated rings. The van der Waals surface area contributed by atoms with Crippen LogP contribution < -0.4 is 5.32 Å². The van der Waals surface area contributed by atoms with E-state index in [0.29, 0.717) is 12.0 Å². The van der Waals surface area contributed by atoms with E-state index in [-0.39, 0.29) is 24.0 Å². The van der Waals surface area contributed by atoms with E-state index in [9.17, 15) is 15.0 Å². The molecule has 1 aromatic heterocycles.